The third-order valence-corrected chi connectivity index (χ3v) is 8.16. The lowest BCUT2D eigenvalue weighted by molar-refractivity contribution is 0.415. The summed E-state index contributed by atoms with van der Waals surface area (Å²) >= 11 is 0. The number of aromatic nitrogens is 6. The van der Waals surface area contributed by atoms with Crippen molar-refractivity contribution in [1.29, 1.82) is 0 Å². The molecule has 0 atom stereocenters. The van der Waals surface area contributed by atoms with Gasteiger partial charge in [-0.3, -0.25) is 0 Å². The Morgan fingerprint density at radius 3 is 1.52 bits per heavy atom. The molecule has 2 N–H and O–H groups in total. The van der Waals surface area contributed by atoms with E-state index in [4.69, 9.17) is 14.2 Å². The molecule has 0 saturated carbocycles. The van der Waals surface area contributed by atoms with E-state index in [9.17, 15) is 0 Å². The highest BCUT2D eigenvalue weighted by molar-refractivity contribution is 5.88. The average molecular weight is 661 g/mol. The zero-order valence-electron chi connectivity index (χ0n) is 28.5. The molecule has 0 spiro atoms. The minimum absolute atomic E-state index is 0.534. The van der Waals surface area contributed by atoms with Gasteiger partial charge in [-0.1, -0.05) is 48.0 Å². The largest absolute Gasteiger partial charge is 0.497 e. The first-order valence-electron chi connectivity index (χ1n) is 16.2. The van der Waals surface area contributed by atoms with E-state index in [1.165, 1.54) is 18.2 Å². The maximum absolute atomic E-state index is 6.05. The highest BCUT2D eigenvalue weighted by Crippen LogP contribution is 2.33. The Balaban J connectivity index is 0.000000157. The summed E-state index contributed by atoms with van der Waals surface area (Å²) in [7, 11) is 1.66. The van der Waals surface area contributed by atoms with Crippen molar-refractivity contribution in [2.24, 2.45) is 0 Å². The molecule has 0 radical (unpaired) electrons. The van der Waals surface area contributed by atoms with Crippen molar-refractivity contribution in [3.05, 3.63) is 138 Å². The van der Waals surface area contributed by atoms with Crippen LogP contribution in [0.25, 0.3) is 44.6 Å². The molecule has 0 aliphatic carbocycles. The van der Waals surface area contributed by atoms with Crippen molar-refractivity contribution in [2.75, 3.05) is 7.11 Å². The summed E-state index contributed by atoms with van der Waals surface area (Å²) in [4.78, 5) is 23.9. The fraction of sp³-hybridized carbons (Fsp3) is 0.122. The van der Waals surface area contributed by atoms with Crippen molar-refractivity contribution in [3.8, 4) is 51.5 Å². The average Bonchev–Trinajstić information content (AvgIpc) is 3.75. The Morgan fingerprint density at radius 2 is 0.980 bits per heavy atom. The summed E-state index contributed by atoms with van der Waals surface area (Å²) in [6.45, 7) is 8.22. The van der Waals surface area contributed by atoms with Crippen molar-refractivity contribution < 1.29 is 14.2 Å². The van der Waals surface area contributed by atoms with Gasteiger partial charge in [-0.2, -0.15) is 0 Å². The molecule has 8 aromatic rings. The van der Waals surface area contributed by atoms with Crippen molar-refractivity contribution in [3.63, 3.8) is 0 Å². The number of nitrogens with zero attached hydrogens (tertiary/aromatic N) is 4. The second-order valence-electron chi connectivity index (χ2n) is 12.2. The predicted octanol–water partition coefficient (Wildman–Crippen LogP) is 10.1. The van der Waals surface area contributed by atoms with Gasteiger partial charge in [-0.15, -0.1) is 0 Å². The van der Waals surface area contributed by atoms with E-state index in [-0.39, 0.29) is 0 Å². The van der Waals surface area contributed by atoms with E-state index in [2.05, 4.69) is 81.0 Å². The van der Waals surface area contributed by atoms with Crippen molar-refractivity contribution >= 4 is 22.1 Å². The van der Waals surface area contributed by atoms with Crippen LogP contribution in [0.5, 0.6) is 29.0 Å². The van der Waals surface area contributed by atoms with E-state index in [0.29, 0.717) is 11.8 Å². The first kappa shape index (κ1) is 32.1. The minimum atomic E-state index is 0.534. The summed E-state index contributed by atoms with van der Waals surface area (Å²) < 4.78 is 17.2. The van der Waals surface area contributed by atoms with E-state index in [0.717, 1.165) is 78.5 Å². The normalized spacial score (nSPS) is 10.9. The van der Waals surface area contributed by atoms with Gasteiger partial charge in [0, 0.05) is 11.4 Å². The van der Waals surface area contributed by atoms with E-state index in [1.807, 2.05) is 79.7 Å². The highest BCUT2D eigenvalue weighted by Gasteiger charge is 2.13. The molecule has 50 heavy (non-hydrogen) atoms. The number of benzene rings is 4. The second kappa shape index (κ2) is 13.9. The number of fused-ring (bicyclic) bond motifs is 2. The lowest BCUT2D eigenvalue weighted by Gasteiger charge is -2.07. The molecular weight excluding hydrogens is 624 g/mol. The van der Waals surface area contributed by atoms with Gasteiger partial charge in [0.15, 0.2) is 0 Å². The Morgan fingerprint density at radius 1 is 0.460 bits per heavy atom. The van der Waals surface area contributed by atoms with Crippen LogP contribution in [0.3, 0.4) is 0 Å². The Kier molecular flexibility index (Phi) is 8.94. The van der Waals surface area contributed by atoms with E-state index >= 15 is 0 Å². The zero-order chi connectivity index (χ0) is 34.6. The molecule has 0 aliphatic rings. The topological polar surface area (TPSA) is 111 Å². The third kappa shape index (κ3) is 7.17. The third-order valence-electron chi connectivity index (χ3n) is 8.16. The molecule has 248 valence electrons. The van der Waals surface area contributed by atoms with Crippen LogP contribution in [0.4, 0.5) is 0 Å². The predicted molar refractivity (Wildman–Crippen MR) is 197 cm³/mol. The molecule has 0 amide bonds. The highest BCUT2D eigenvalue weighted by atomic mass is 16.5. The minimum Gasteiger partial charge on any atom is -0.497 e. The van der Waals surface area contributed by atoms with Crippen molar-refractivity contribution in [2.45, 2.75) is 27.7 Å². The van der Waals surface area contributed by atoms with Crippen LogP contribution in [0.2, 0.25) is 0 Å². The molecule has 0 bridgehead atoms. The number of hydrogen-bond acceptors (Lipinski definition) is 7. The molecule has 8 rings (SSSR count). The molecule has 0 unspecified atom stereocenters. The molecular formula is C41H36N6O3. The molecule has 0 aliphatic heterocycles. The fourth-order valence-electron chi connectivity index (χ4n) is 5.71. The van der Waals surface area contributed by atoms with E-state index in [1.54, 1.807) is 7.11 Å². The fourth-order valence-corrected chi connectivity index (χ4v) is 5.71. The number of rotatable bonds is 7. The molecule has 4 aromatic heterocycles. The first-order valence-corrected chi connectivity index (χ1v) is 16.2. The van der Waals surface area contributed by atoms with Crippen LogP contribution in [0.15, 0.2) is 116 Å². The number of H-pyrrole nitrogens is 2. The molecule has 9 heteroatoms. The van der Waals surface area contributed by atoms with E-state index < -0.39 is 0 Å². The van der Waals surface area contributed by atoms with Gasteiger partial charge in [0.05, 0.1) is 17.9 Å². The summed E-state index contributed by atoms with van der Waals surface area (Å²) in [6, 6.07) is 34.3. The number of methoxy groups -OCH3 is 1. The maximum Gasteiger partial charge on any atom is 0.231 e. The molecule has 4 heterocycles. The summed E-state index contributed by atoms with van der Waals surface area (Å²) in [5, 5.41) is 1.71. The Hall–Kier alpha value is -6.48. The SMILES string of the molecule is COc1ccc(-c2cc3c(Oc4cccc(C)c4)ncnc3[nH]2)cc1.Cc1ccc(-c2cc3c(Oc4cc(C)cc(C)c4)ncnc3[nH]2)cc1. The lowest BCUT2D eigenvalue weighted by atomic mass is 10.1. The van der Waals surface area contributed by atoms with Gasteiger partial charge in [0.25, 0.3) is 0 Å². The van der Waals surface area contributed by atoms with Crippen LogP contribution in [0, 0.1) is 27.7 Å². The van der Waals surface area contributed by atoms with Gasteiger partial charge in [0.2, 0.25) is 11.8 Å². The number of nitrogens with one attached hydrogen (secondary N) is 2. The van der Waals surface area contributed by atoms with Crippen LogP contribution in [-0.2, 0) is 0 Å². The standard InChI is InChI=1S/C21H19N3O.C20H17N3O2/c1-13-4-6-16(7-5-13)19-11-18-20(24-19)22-12-23-21(18)25-17-9-14(2)8-15(3)10-17;1-13-4-3-5-16(10-13)25-20-17-11-18(23-19(17)21-12-22-20)14-6-8-15(24-2)9-7-14/h4-12H,1-3H3,(H,22,23,24);3-12H,1-2H3,(H,21,22,23). The van der Waals surface area contributed by atoms with Crippen LogP contribution in [0.1, 0.15) is 22.3 Å². The summed E-state index contributed by atoms with van der Waals surface area (Å²) in [5.74, 6) is 3.46. The number of aryl methyl sites for hydroxylation is 4. The van der Waals surface area contributed by atoms with Crippen LogP contribution >= 0.6 is 0 Å². The number of hydrogen-bond donors (Lipinski definition) is 2. The van der Waals surface area contributed by atoms with Crippen molar-refractivity contribution in [1.82, 2.24) is 29.9 Å². The molecule has 4 aromatic carbocycles. The quantitative estimate of drug-likeness (QED) is 0.175. The van der Waals surface area contributed by atoms with Crippen LogP contribution in [-0.4, -0.2) is 37.0 Å². The molecule has 0 fully saturated rings. The monoisotopic (exact) mass is 660 g/mol. The zero-order valence-corrected chi connectivity index (χ0v) is 28.5. The van der Waals surface area contributed by atoms with Gasteiger partial charge in [0.1, 0.15) is 41.2 Å². The van der Waals surface area contributed by atoms with Gasteiger partial charge >= 0.3 is 0 Å². The maximum atomic E-state index is 6.05. The lowest BCUT2D eigenvalue weighted by Crippen LogP contribution is -1.91. The molecule has 0 saturated heterocycles. The summed E-state index contributed by atoms with van der Waals surface area (Å²) in [6.07, 6.45) is 3.03. The Bertz CT molecular complexity index is 2390. The smallest absolute Gasteiger partial charge is 0.231 e. The number of aromatic amines is 2. The first-order chi connectivity index (χ1) is 24.3. The Labute approximate surface area is 290 Å². The van der Waals surface area contributed by atoms with Gasteiger partial charge in [-0.25, -0.2) is 19.9 Å². The van der Waals surface area contributed by atoms with Crippen LogP contribution < -0.4 is 14.2 Å². The van der Waals surface area contributed by atoms with Gasteiger partial charge in [-0.05, 0) is 116 Å². The second-order valence-corrected chi connectivity index (χ2v) is 12.2. The summed E-state index contributed by atoms with van der Waals surface area (Å²) in [5.41, 5.74) is 10.3. The number of ether oxygens (including phenoxy) is 3. The molecule has 9 nitrogen and oxygen atoms in total. The van der Waals surface area contributed by atoms with Gasteiger partial charge < -0.3 is 24.2 Å².